The number of hydrogen-bond donors (Lipinski definition) is 2. The normalized spacial score (nSPS) is 31.8. The summed E-state index contributed by atoms with van der Waals surface area (Å²) in [5.41, 5.74) is 0. The minimum atomic E-state index is -3.31. The van der Waals surface area contributed by atoms with Gasteiger partial charge in [0.25, 0.3) is 0 Å². The molecule has 27 heavy (non-hydrogen) atoms. The van der Waals surface area contributed by atoms with Crippen LogP contribution >= 0.6 is 0 Å². The van der Waals surface area contributed by atoms with Gasteiger partial charge in [-0.25, -0.2) is 13.1 Å². The lowest BCUT2D eigenvalue weighted by molar-refractivity contribution is -0.133. The van der Waals surface area contributed by atoms with Crippen molar-refractivity contribution in [3.63, 3.8) is 0 Å². The van der Waals surface area contributed by atoms with Crippen LogP contribution in [-0.4, -0.2) is 93.8 Å². The van der Waals surface area contributed by atoms with Gasteiger partial charge in [-0.15, -0.1) is 0 Å². The summed E-state index contributed by atoms with van der Waals surface area (Å²) < 4.78 is 30.8. The molecule has 0 spiro atoms. The van der Waals surface area contributed by atoms with Gasteiger partial charge in [0.05, 0.1) is 24.9 Å². The van der Waals surface area contributed by atoms with Crippen LogP contribution in [-0.2, 0) is 24.3 Å². The minimum absolute atomic E-state index is 0.0477. The topological polar surface area (TPSA) is 108 Å². The van der Waals surface area contributed by atoms with E-state index in [2.05, 4.69) is 14.9 Å². The Morgan fingerprint density at radius 3 is 2.85 bits per heavy atom. The van der Waals surface area contributed by atoms with E-state index in [1.807, 2.05) is 4.90 Å². The van der Waals surface area contributed by atoms with Gasteiger partial charge in [-0.3, -0.25) is 14.5 Å². The highest BCUT2D eigenvalue weighted by Gasteiger charge is 2.44. The van der Waals surface area contributed by atoms with E-state index >= 15 is 0 Å². The molecular formula is C17H30N4O5S. The van der Waals surface area contributed by atoms with Gasteiger partial charge in [-0.2, -0.15) is 0 Å². The second-order valence-corrected chi connectivity index (χ2v) is 9.59. The van der Waals surface area contributed by atoms with E-state index in [4.69, 9.17) is 4.74 Å². The van der Waals surface area contributed by atoms with E-state index in [0.29, 0.717) is 39.0 Å². The maximum atomic E-state index is 12.7. The Hall–Kier alpha value is -1.23. The lowest BCUT2D eigenvalue weighted by Crippen LogP contribution is -2.58. The van der Waals surface area contributed by atoms with Crippen LogP contribution in [0.2, 0.25) is 0 Å². The van der Waals surface area contributed by atoms with Crippen LogP contribution in [0.3, 0.4) is 0 Å². The van der Waals surface area contributed by atoms with Crippen molar-refractivity contribution in [2.24, 2.45) is 0 Å². The Balaban J connectivity index is 1.57. The summed E-state index contributed by atoms with van der Waals surface area (Å²) in [6.07, 6.45) is 4.66. The lowest BCUT2D eigenvalue weighted by atomic mass is 10.0. The van der Waals surface area contributed by atoms with Crippen LogP contribution in [0.5, 0.6) is 0 Å². The van der Waals surface area contributed by atoms with Gasteiger partial charge in [0, 0.05) is 45.2 Å². The SMILES string of the molecule is COCC1CCCN1C(=O)CCC1CNC(=O)C2CC(NS(C)(=O)=O)CN12. The molecule has 0 bridgehead atoms. The Kier molecular flexibility index (Phi) is 6.39. The predicted molar refractivity (Wildman–Crippen MR) is 99.5 cm³/mol. The van der Waals surface area contributed by atoms with Gasteiger partial charge in [-0.05, 0) is 25.7 Å². The van der Waals surface area contributed by atoms with Crippen molar-refractivity contribution in [3.05, 3.63) is 0 Å². The molecule has 10 heteroatoms. The third-order valence-electron chi connectivity index (χ3n) is 5.75. The molecule has 3 aliphatic heterocycles. The number of fused-ring (bicyclic) bond motifs is 1. The number of nitrogens with one attached hydrogen (secondary N) is 2. The fourth-order valence-corrected chi connectivity index (χ4v) is 5.37. The second-order valence-electron chi connectivity index (χ2n) is 7.81. The molecular weight excluding hydrogens is 372 g/mol. The van der Waals surface area contributed by atoms with Gasteiger partial charge in [0.15, 0.2) is 0 Å². The summed E-state index contributed by atoms with van der Waals surface area (Å²) >= 11 is 0. The fraction of sp³-hybridized carbons (Fsp3) is 0.882. The average molecular weight is 403 g/mol. The van der Waals surface area contributed by atoms with Gasteiger partial charge in [-0.1, -0.05) is 0 Å². The lowest BCUT2D eigenvalue weighted by Gasteiger charge is -2.37. The molecule has 0 radical (unpaired) electrons. The van der Waals surface area contributed by atoms with Gasteiger partial charge < -0.3 is 15.0 Å². The van der Waals surface area contributed by atoms with Crippen LogP contribution < -0.4 is 10.0 Å². The number of likely N-dealkylation sites (tertiary alicyclic amines) is 1. The van der Waals surface area contributed by atoms with Crippen molar-refractivity contribution in [1.82, 2.24) is 19.8 Å². The summed E-state index contributed by atoms with van der Waals surface area (Å²) in [6, 6.07) is -0.384. The molecule has 3 saturated heterocycles. The first kappa shape index (κ1) is 20.5. The number of methoxy groups -OCH3 is 1. The number of nitrogens with zero attached hydrogens (tertiary/aromatic N) is 2. The predicted octanol–water partition coefficient (Wildman–Crippen LogP) is -1.11. The van der Waals surface area contributed by atoms with Crippen molar-refractivity contribution >= 4 is 21.8 Å². The molecule has 0 aliphatic carbocycles. The van der Waals surface area contributed by atoms with E-state index in [1.54, 1.807) is 7.11 Å². The zero-order valence-electron chi connectivity index (χ0n) is 16.0. The van der Waals surface area contributed by atoms with E-state index in [0.717, 1.165) is 25.6 Å². The molecule has 3 aliphatic rings. The number of ether oxygens (including phenoxy) is 1. The average Bonchev–Trinajstić information content (AvgIpc) is 3.20. The standard InChI is InChI=1S/C17H30N4O5S/c1-26-11-14-4-3-7-20(14)16(22)6-5-13-9-18-17(23)15-8-12(10-21(13)15)19-27(2,24)25/h12-15,19H,3-11H2,1-2H3,(H,18,23). The summed E-state index contributed by atoms with van der Waals surface area (Å²) in [7, 11) is -1.66. The zero-order valence-corrected chi connectivity index (χ0v) is 16.8. The number of amides is 2. The Labute approximate surface area is 160 Å². The Bertz CT molecular complexity index is 670. The van der Waals surface area contributed by atoms with E-state index in [9.17, 15) is 18.0 Å². The largest absolute Gasteiger partial charge is 0.383 e. The third kappa shape index (κ3) is 4.98. The maximum absolute atomic E-state index is 12.7. The highest BCUT2D eigenvalue weighted by Crippen LogP contribution is 2.27. The molecule has 3 rings (SSSR count). The summed E-state index contributed by atoms with van der Waals surface area (Å²) in [6.45, 7) is 2.34. The first-order valence-corrected chi connectivity index (χ1v) is 11.5. The molecule has 9 nitrogen and oxygen atoms in total. The van der Waals surface area contributed by atoms with Crippen molar-refractivity contribution < 1.29 is 22.7 Å². The highest BCUT2D eigenvalue weighted by molar-refractivity contribution is 7.88. The van der Waals surface area contributed by atoms with Crippen LogP contribution in [0.4, 0.5) is 0 Å². The quantitative estimate of drug-likeness (QED) is 0.559. The van der Waals surface area contributed by atoms with Gasteiger partial charge in [0.1, 0.15) is 0 Å². The molecule has 154 valence electrons. The molecule has 4 unspecified atom stereocenters. The van der Waals surface area contributed by atoms with E-state index < -0.39 is 10.0 Å². The van der Waals surface area contributed by atoms with Gasteiger partial charge >= 0.3 is 0 Å². The first-order chi connectivity index (χ1) is 12.8. The van der Waals surface area contributed by atoms with Crippen molar-refractivity contribution in [2.45, 2.75) is 56.3 Å². The highest BCUT2D eigenvalue weighted by atomic mass is 32.2. The number of sulfonamides is 1. The maximum Gasteiger partial charge on any atom is 0.237 e. The number of hydrogen-bond acceptors (Lipinski definition) is 6. The van der Waals surface area contributed by atoms with Crippen molar-refractivity contribution in [2.75, 3.05) is 39.6 Å². The van der Waals surface area contributed by atoms with E-state index in [-0.39, 0.29) is 36.0 Å². The minimum Gasteiger partial charge on any atom is -0.383 e. The van der Waals surface area contributed by atoms with Crippen LogP contribution in [0.25, 0.3) is 0 Å². The Morgan fingerprint density at radius 2 is 2.15 bits per heavy atom. The number of carbonyl (C=O) groups is 2. The fourth-order valence-electron chi connectivity index (χ4n) is 4.60. The zero-order chi connectivity index (χ0) is 19.6. The molecule has 2 amide bonds. The molecule has 4 atom stereocenters. The number of piperazine rings is 1. The monoisotopic (exact) mass is 402 g/mol. The van der Waals surface area contributed by atoms with Crippen LogP contribution in [0, 0.1) is 0 Å². The van der Waals surface area contributed by atoms with Gasteiger partial charge in [0.2, 0.25) is 21.8 Å². The number of rotatable bonds is 7. The smallest absolute Gasteiger partial charge is 0.237 e. The second kappa shape index (κ2) is 8.42. The molecule has 3 heterocycles. The molecule has 3 fully saturated rings. The molecule has 0 aromatic heterocycles. The van der Waals surface area contributed by atoms with Crippen LogP contribution in [0.15, 0.2) is 0 Å². The van der Waals surface area contributed by atoms with Crippen molar-refractivity contribution in [1.29, 1.82) is 0 Å². The molecule has 2 N–H and O–H groups in total. The molecule has 0 aromatic carbocycles. The summed E-state index contributed by atoms with van der Waals surface area (Å²) in [5.74, 6) is 0.0723. The molecule has 0 saturated carbocycles. The first-order valence-electron chi connectivity index (χ1n) is 9.57. The molecule has 0 aromatic rings. The number of carbonyl (C=O) groups excluding carboxylic acids is 2. The van der Waals surface area contributed by atoms with Crippen molar-refractivity contribution in [3.8, 4) is 0 Å². The van der Waals surface area contributed by atoms with E-state index in [1.165, 1.54) is 0 Å². The summed E-state index contributed by atoms with van der Waals surface area (Å²) in [4.78, 5) is 28.8. The van der Waals surface area contributed by atoms with Crippen LogP contribution in [0.1, 0.15) is 32.1 Å². The third-order valence-corrected chi connectivity index (χ3v) is 6.51. The Morgan fingerprint density at radius 1 is 1.37 bits per heavy atom. The summed E-state index contributed by atoms with van der Waals surface area (Å²) in [5, 5.41) is 2.91.